The number of benzene rings is 1. The van der Waals surface area contributed by atoms with Crippen LogP contribution in [0.2, 0.25) is 0 Å². The first-order chi connectivity index (χ1) is 6.41. The van der Waals surface area contributed by atoms with Crippen molar-refractivity contribution in [3.63, 3.8) is 0 Å². The molecule has 1 rings (SSSR count). The zero-order chi connectivity index (χ0) is 10.8. The summed E-state index contributed by atoms with van der Waals surface area (Å²) >= 11 is 0. The van der Waals surface area contributed by atoms with E-state index in [0.717, 1.165) is 0 Å². The number of para-hydroxylation sites is 1. The molecule has 14 heavy (non-hydrogen) atoms. The fourth-order valence-corrected chi connectivity index (χ4v) is 0.861. The van der Waals surface area contributed by atoms with E-state index in [2.05, 4.69) is 0 Å². The average Bonchev–Trinajstić information content (AvgIpc) is 2.07. The molecule has 5 heteroatoms. The summed E-state index contributed by atoms with van der Waals surface area (Å²) in [6.07, 6.45) is -4.59. The molecule has 0 radical (unpaired) electrons. The molecule has 0 spiro atoms. The number of allylic oxidation sites excluding steroid dienone is 1. The Kier molecular flexibility index (Phi) is 2.78. The van der Waals surface area contributed by atoms with Crippen LogP contribution in [-0.2, 0) is 0 Å². The summed E-state index contributed by atoms with van der Waals surface area (Å²) < 4.78 is 47.8. The molecule has 76 valence electrons. The molecule has 0 heterocycles. The molecule has 0 saturated carbocycles. The van der Waals surface area contributed by atoms with Crippen molar-refractivity contribution in [2.24, 2.45) is 0 Å². The second-order valence-corrected chi connectivity index (χ2v) is 2.62. The average molecular weight is 205 g/mol. The SMILES string of the molecule is Nc1ccccc1/C=C(\F)C(F)(F)F. The van der Waals surface area contributed by atoms with Crippen LogP contribution in [0.3, 0.4) is 0 Å². The van der Waals surface area contributed by atoms with Crippen molar-refractivity contribution in [2.75, 3.05) is 5.73 Å². The van der Waals surface area contributed by atoms with E-state index >= 15 is 0 Å². The zero-order valence-corrected chi connectivity index (χ0v) is 6.98. The lowest BCUT2D eigenvalue weighted by Gasteiger charge is -2.03. The Bertz CT molecular complexity index is 354. The smallest absolute Gasteiger partial charge is 0.398 e. The highest BCUT2D eigenvalue weighted by Gasteiger charge is 2.34. The van der Waals surface area contributed by atoms with Crippen LogP contribution in [0.15, 0.2) is 30.1 Å². The predicted molar refractivity (Wildman–Crippen MR) is 46.0 cm³/mol. The highest BCUT2D eigenvalue weighted by atomic mass is 19.4. The molecule has 0 aliphatic carbocycles. The lowest BCUT2D eigenvalue weighted by Crippen LogP contribution is -2.07. The Morgan fingerprint density at radius 1 is 1.21 bits per heavy atom. The number of rotatable bonds is 1. The third-order valence-electron chi connectivity index (χ3n) is 1.55. The van der Waals surface area contributed by atoms with Crippen LogP contribution in [0.1, 0.15) is 5.56 Å². The highest BCUT2D eigenvalue weighted by molar-refractivity contribution is 5.65. The van der Waals surface area contributed by atoms with Crippen LogP contribution >= 0.6 is 0 Å². The van der Waals surface area contributed by atoms with Crippen molar-refractivity contribution in [1.82, 2.24) is 0 Å². The topological polar surface area (TPSA) is 26.0 Å². The lowest BCUT2D eigenvalue weighted by atomic mass is 10.1. The minimum absolute atomic E-state index is 0.0160. The Morgan fingerprint density at radius 3 is 2.29 bits per heavy atom. The minimum atomic E-state index is -4.96. The number of hydrogen-bond donors (Lipinski definition) is 1. The summed E-state index contributed by atoms with van der Waals surface area (Å²) in [6, 6.07) is 5.74. The van der Waals surface area contributed by atoms with Crippen molar-refractivity contribution in [2.45, 2.75) is 6.18 Å². The summed E-state index contributed by atoms with van der Waals surface area (Å²) in [7, 11) is 0. The van der Waals surface area contributed by atoms with E-state index in [9.17, 15) is 17.6 Å². The Labute approximate surface area is 77.8 Å². The molecule has 0 atom stereocenters. The molecule has 0 aromatic heterocycles. The van der Waals surface area contributed by atoms with Crippen molar-refractivity contribution in [3.8, 4) is 0 Å². The van der Waals surface area contributed by atoms with Crippen LogP contribution in [-0.4, -0.2) is 6.18 Å². The third-order valence-corrected chi connectivity index (χ3v) is 1.55. The molecule has 0 amide bonds. The van der Waals surface area contributed by atoms with Gasteiger partial charge >= 0.3 is 6.18 Å². The monoisotopic (exact) mass is 205 g/mol. The predicted octanol–water partition coefficient (Wildman–Crippen LogP) is 3.14. The quantitative estimate of drug-likeness (QED) is 0.553. The van der Waals surface area contributed by atoms with Crippen molar-refractivity contribution in [3.05, 3.63) is 35.7 Å². The van der Waals surface area contributed by atoms with Crippen LogP contribution in [0, 0.1) is 0 Å². The van der Waals surface area contributed by atoms with Gasteiger partial charge in [-0.15, -0.1) is 0 Å². The van der Waals surface area contributed by atoms with Gasteiger partial charge in [0.15, 0.2) is 0 Å². The van der Waals surface area contributed by atoms with Gasteiger partial charge in [-0.25, -0.2) is 4.39 Å². The van der Waals surface area contributed by atoms with Crippen molar-refractivity contribution >= 4 is 11.8 Å². The van der Waals surface area contributed by atoms with Crippen molar-refractivity contribution < 1.29 is 17.6 Å². The van der Waals surface area contributed by atoms with E-state index in [4.69, 9.17) is 5.73 Å². The summed E-state index contributed by atoms with van der Waals surface area (Å²) in [4.78, 5) is 0. The van der Waals surface area contributed by atoms with Crippen LogP contribution in [0.4, 0.5) is 23.2 Å². The summed E-state index contributed by atoms with van der Waals surface area (Å²) in [5.74, 6) is -2.16. The molecule has 0 aliphatic heterocycles. The number of alkyl halides is 3. The minimum Gasteiger partial charge on any atom is -0.398 e. The normalized spacial score (nSPS) is 13.0. The maximum atomic E-state index is 12.5. The van der Waals surface area contributed by atoms with Gasteiger partial charge in [0.05, 0.1) is 0 Å². The van der Waals surface area contributed by atoms with Gasteiger partial charge in [0.25, 0.3) is 0 Å². The van der Waals surface area contributed by atoms with E-state index in [1.165, 1.54) is 18.2 Å². The first-order valence-electron chi connectivity index (χ1n) is 3.70. The Balaban J connectivity index is 3.04. The first-order valence-corrected chi connectivity index (χ1v) is 3.70. The molecule has 0 bridgehead atoms. The number of nitrogen functional groups attached to an aromatic ring is 1. The maximum Gasteiger partial charge on any atom is 0.442 e. The molecule has 1 nitrogen and oxygen atoms in total. The van der Waals surface area contributed by atoms with Gasteiger partial charge in [-0.2, -0.15) is 13.2 Å². The van der Waals surface area contributed by atoms with Gasteiger partial charge in [-0.1, -0.05) is 18.2 Å². The number of nitrogens with two attached hydrogens (primary N) is 1. The molecule has 0 aliphatic rings. The van der Waals surface area contributed by atoms with E-state index in [-0.39, 0.29) is 11.3 Å². The maximum absolute atomic E-state index is 12.5. The van der Waals surface area contributed by atoms with Gasteiger partial charge in [0, 0.05) is 11.3 Å². The largest absolute Gasteiger partial charge is 0.442 e. The molecule has 0 unspecified atom stereocenters. The summed E-state index contributed by atoms with van der Waals surface area (Å²) in [6.45, 7) is 0. The first kappa shape index (κ1) is 10.6. The van der Waals surface area contributed by atoms with E-state index < -0.39 is 12.0 Å². The molecule has 1 aromatic rings. The van der Waals surface area contributed by atoms with Gasteiger partial charge in [-0.3, -0.25) is 0 Å². The fourth-order valence-electron chi connectivity index (χ4n) is 0.861. The number of hydrogen-bond acceptors (Lipinski definition) is 1. The van der Waals surface area contributed by atoms with Gasteiger partial charge in [0.1, 0.15) is 0 Å². The van der Waals surface area contributed by atoms with Gasteiger partial charge in [0.2, 0.25) is 5.83 Å². The Hall–Kier alpha value is -1.52. The van der Waals surface area contributed by atoms with E-state index in [1.54, 1.807) is 6.07 Å². The van der Waals surface area contributed by atoms with Crippen molar-refractivity contribution in [1.29, 1.82) is 0 Å². The van der Waals surface area contributed by atoms with Crippen LogP contribution < -0.4 is 5.73 Å². The molecule has 1 aromatic carbocycles. The fraction of sp³-hybridized carbons (Fsp3) is 0.111. The van der Waals surface area contributed by atoms with E-state index in [1.807, 2.05) is 0 Å². The van der Waals surface area contributed by atoms with Gasteiger partial charge in [-0.05, 0) is 12.1 Å². The lowest BCUT2D eigenvalue weighted by molar-refractivity contribution is -0.107. The summed E-state index contributed by atoms with van der Waals surface area (Å²) in [5.41, 5.74) is 5.45. The second kappa shape index (κ2) is 3.69. The summed E-state index contributed by atoms with van der Waals surface area (Å²) in [5, 5.41) is 0. The zero-order valence-electron chi connectivity index (χ0n) is 6.98. The van der Waals surface area contributed by atoms with Gasteiger partial charge < -0.3 is 5.73 Å². The number of anilines is 1. The van der Waals surface area contributed by atoms with Crippen LogP contribution in [0.5, 0.6) is 0 Å². The molecule has 2 N–H and O–H groups in total. The van der Waals surface area contributed by atoms with Crippen LogP contribution in [0.25, 0.3) is 6.08 Å². The molecular weight excluding hydrogens is 198 g/mol. The highest BCUT2D eigenvalue weighted by Crippen LogP contribution is 2.29. The second-order valence-electron chi connectivity index (χ2n) is 2.62. The Morgan fingerprint density at radius 2 is 1.79 bits per heavy atom. The standard InChI is InChI=1S/C9H7F4N/c10-8(9(11,12)13)5-6-3-1-2-4-7(6)14/h1-5H,14H2/b8-5-. The number of halogens is 4. The molecule has 0 fully saturated rings. The molecular formula is C9H7F4N. The third kappa shape index (κ3) is 2.48. The van der Waals surface area contributed by atoms with E-state index in [0.29, 0.717) is 6.08 Å². The molecule has 0 saturated heterocycles.